The Morgan fingerprint density at radius 2 is 1.38 bits per heavy atom. The number of nitrogens with zero attached hydrogens (tertiary/aromatic N) is 2. The molecule has 7 nitrogen and oxygen atoms in total. The summed E-state index contributed by atoms with van der Waals surface area (Å²) in [6.45, 7) is 2.40. The number of pyridine rings is 1. The molecule has 224 valence electrons. The van der Waals surface area contributed by atoms with Crippen molar-refractivity contribution in [3.63, 3.8) is 0 Å². The standard InChI is InChI=1S/C38H35N5O2/c1-27(28-16-7-3-8-17-28)39-37(44)41-34-26-33-35(32(42-43-33)24-15-25-45-2)36(40-34)38(29-18-9-4-10-19-29,30-20-11-5-12-21-30)31-22-13-6-14-23-31/h3-24,26-27H,25H2,1-2H3,(H,42,43)(H2,39,40,41,44)/t27-/m1/s1. The van der Waals surface area contributed by atoms with Gasteiger partial charge in [-0.1, -0.05) is 127 Å². The minimum absolute atomic E-state index is 0.198. The van der Waals surface area contributed by atoms with Crippen LogP contribution in [0.1, 0.15) is 46.6 Å². The fourth-order valence-corrected chi connectivity index (χ4v) is 5.93. The second kappa shape index (κ2) is 13.4. The Labute approximate surface area is 263 Å². The molecule has 2 aromatic heterocycles. The van der Waals surface area contributed by atoms with Crippen LogP contribution in [0.4, 0.5) is 10.6 Å². The number of urea groups is 1. The van der Waals surface area contributed by atoms with Crippen LogP contribution >= 0.6 is 0 Å². The summed E-state index contributed by atoms with van der Waals surface area (Å²) in [6, 6.07) is 42.2. The van der Waals surface area contributed by atoms with E-state index >= 15 is 0 Å². The van der Waals surface area contributed by atoms with Crippen molar-refractivity contribution in [3.8, 4) is 0 Å². The number of ether oxygens (including phenoxy) is 1. The maximum absolute atomic E-state index is 13.4. The fourth-order valence-electron chi connectivity index (χ4n) is 5.93. The molecule has 0 saturated carbocycles. The number of methoxy groups -OCH3 is 1. The molecule has 2 amide bonds. The van der Waals surface area contributed by atoms with Crippen molar-refractivity contribution < 1.29 is 9.53 Å². The summed E-state index contributed by atoms with van der Waals surface area (Å²) in [5, 5.41) is 14.8. The van der Waals surface area contributed by atoms with Crippen LogP contribution < -0.4 is 10.6 Å². The van der Waals surface area contributed by atoms with Gasteiger partial charge in [0.05, 0.1) is 40.4 Å². The molecule has 0 aliphatic rings. The van der Waals surface area contributed by atoms with Crippen LogP contribution in [0.15, 0.2) is 133 Å². The number of H-pyrrole nitrogens is 1. The minimum Gasteiger partial charge on any atom is -0.381 e. The number of carbonyl (C=O) groups is 1. The zero-order chi connectivity index (χ0) is 31.1. The lowest BCUT2D eigenvalue weighted by molar-refractivity contribution is 0.234. The van der Waals surface area contributed by atoms with Gasteiger partial charge in [0.2, 0.25) is 0 Å². The quantitative estimate of drug-likeness (QED) is 0.141. The Morgan fingerprint density at radius 1 is 0.844 bits per heavy atom. The molecule has 0 spiro atoms. The van der Waals surface area contributed by atoms with Gasteiger partial charge in [-0.05, 0) is 35.3 Å². The predicted octanol–water partition coefficient (Wildman–Crippen LogP) is 7.88. The number of carbonyl (C=O) groups excluding carboxylic acids is 1. The van der Waals surface area contributed by atoms with Crippen LogP contribution in [0.5, 0.6) is 0 Å². The van der Waals surface area contributed by atoms with E-state index in [-0.39, 0.29) is 12.1 Å². The average molecular weight is 594 g/mol. The summed E-state index contributed by atoms with van der Waals surface area (Å²) >= 11 is 0. The molecule has 3 N–H and O–H groups in total. The number of aromatic nitrogens is 3. The first-order valence-corrected chi connectivity index (χ1v) is 15.0. The van der Waals surface area contributed by atoms with Gasteiger partial charge in [0.1, 0.15) is 5.82 Å². The normalized spacial score (nSPS) is 12.3. The van der Waals surface area contributed by atoms with E-state index in [0.717, 1.165) is 44.5 Å². The van der Waals surface area contributed by atoms with Gasteiger partial charge in [0.15, 0.2) is 0 Å². The van der Waals surface area contributed by atoms with Gasteiger partial charge in [-0.2, -0.15) is 5.10 Å². The molecule has 6 rings (SSSR count). The summed E-state index contributed by atoms with van der Waals surface area (Å²) < 4.78 is 5.29. The smallest absolute Gasteiger partial charge is 0.320 e. The molecular formula is C38H35N5O2. The molecule has 0 aliphatic carbocycles. The first kappa shape index (κ1) is 29.5. The van der Waals surface area contributed by atoms with Gasteiger partial charge < -0.3 is 10.1 Å². The summed E-state index contributed by atoms with van der Waals surface area (Å²) in [5.41, 5.74) is 5.45. The predicted molar refractivity (Wildman–Crippen MR) is 180 cm³/mol. The Kier molecular flexibility index (Phi) is 8.80. The second-order valence-electron chi connectivity index (χ2n) is 10.8. The number of aromatic amines is 1. The van der Waals surface area contributed by atoms with Gasteiger partial charge in [0, 0.05) is 13.2 Å². The highest BCUT2D eigenvalue weighted by Crippen LogP contribution is 2.47. The van der Waals surface area contributed by atoms with Gasteiger partial charge >= 0.3 is 6.03 Å². The number of amides is 2. The number of hydrogen-bond donors (Lipinski definition) is 3. The van der Waals surface area contributed by atoms with Gasteiger partial charge in [-0.15, -0.1) is 0 Å². The molecule has 6 aromatic rings. The van der Waals surface area contributed by atoms with E-state index in [1.54, 1.807) is 7.11 Å². The molecule has 0 radical (unpaired) electrons. The topological polar surface area (TPSA) is 91.9 Å². The molecule has 2 heterocycles. The van der Waals surface area contributed by atoms with E-state index in [2.05, 4.69) is 52.1 Å². The Hall–Kier alpha value is -5.53. The van der Waals surface area contributed by atoms with Crippen molar-refractivity contribution in [2.24, 2.45) is 0 Å². The Balaban J connectivity index is 1.59. The van der Waals surface area contributed by atoms with Crippen molar-refractivity contribution in [2.45, 2.75) is 18.4 Å². The van der Waals surface area contributed by atoms with Crippen LogP contribution in [-0.2, 0) is 10.2 Å². The highest BCUT2D eigenvalue weighted by molar-refractivity contribution is 5.96. The highest BCUT2D eigenvalue weighted by atomic mass is 16.5. The molecule has 4 aromatic carbocycles. The molecule has 0 saturated heterocycles. The second-order valence-corrected chi connectivity index (χ2v) is 10.8. The maximum atomic E-state index is 13.4. The number of nitrogens with one attached hydrogen (secondary N) is 3. The maximum Gasteiger partial charge on any atom is 0.320 e. The molecule has 1 atom stereocenters. The Bertz CT molecular complexity index is 1790. The SMILES string of the molecule is COCC=Cc1n[nH]c2cc(NC(=O)N[C@H](C)c3ccccc3)nc(C(c3ccccc3)(c3ccccc3)c3ccccc3)c12. The first-order valence-electron chi connectivity index (χ1n) is 15.0. The van der Waals surface area contributed by atoms with Crippen LogP contribution in [0.2, 0.25) is 0 Å². The number of hydrogen-bond acceptors (Lipinski definition) is 4. The Morgan fingerprint density at radius 3 is 1.91 bits per heavy atom. The molecule has 7 heteroatoms. The van der Waals surface area contributed by atoms with E-state index < -0.39 is 5.41 Å². The average Bonchev–Trinajstić information content (AvgIpc) is 3.49. The third-order valence-electron chi connectivity index (χ3n) is 7.98. The number of fused-ring (bicyclic) bond motifs is 1. The number of benzene rings is 4. The zero-order valence-electron chi connectivity index (χ0n) is 25.3. The molecule has 0 unspecified atom stereocenters. The molecule has 0 aliphatic heterocycles. The zero-order valence-corrected chi connectivity index (χ0v) is 25.3. The van der Waals surface area contributed by atoms with Crippen molar-refractivity contribution in [1.82, 2.24) is 20.5 Å². The molecular weight excluding hydrogens is 558 g/mol. The highest BCUT2D eigenvalue weighted by Gasteiger charge is 2.42. The lowest BCUT2D eigenvalue weighted by atomic mass is 9.66. The van der Waals surface area contributed by atoms with Crippen molar-refractivity contribution in [1.29, 1.82) is 0 Å². The van der Waals surface area contributed by atoms with Crippen LogP contribution in [0.3, 0.4) is 0 Å². The van der Waals surface area contributed by atoms with E-state index in [4.69, 9.17) is 14.8 Å². The number of rotatable bonds is 10. The minimum atomic E-state index is -0.860. The van der Waals surface area contributed by atoms with Crippen molar-refractivity contribution >= 4 is 28.8 Å². The van der Waals surface area contributed by atoms with E-state index in [0.29, 0.717) is 12.4 Å². The lowest BCUT2D eigenvalue weighted by Gasteiger charge is -2.36. The van der Waals surface area contributed by atoms with Crippen LogP contribution in [-0.4, -0.2) is 34.9 Å². The van der Waals surface area contributed by atoms with Crippen molar-refractivity contribution in [3.05, 3.63) is 167 Å². The van der Waals surface area contributed by atoms with Gasteiger partial charge in [-0.3, -0.25) is 10.4 Å². The third kappa shape index (κ3) is 5.98. The third-order valence-corrected chi connectivity index (χ3v) is 7.98. The van der Waals surface area contributed by atoms with Crippen LogP contribution in [0.25, 0.3) is 17.0 Å². The molecule has 45 heavy (non-hydrogen) atoms. The lowest BCUT2D eigenvalue weighted by Crippen LogP contribution is -2.34. The molecule has 0 fully saturated rings. The van der Waals surface area contributed by atoms with E-state index in [1.807, 2.05) is 110 Å². The molecule has 0 bridgehead atoms. The fraction of sp³-hybridized carbons (Fsp3) is 0.132. The summed E-state index contributed by atoms with van der Waals surface area (Å²) in [7, 11) is 1.66. The van der Waals surface area contributed by atoms with Crippen LogP contribution in [0, 0.1) is 0 Å². The summed E-state index contributed by atoms with van der Waals surface area (Å²) in [4.78, 5) is 18.7. The van der Waals surface area contributed by atoms with E-state index in [1.165, 1.54) is 0 Å². The van der Waals surface area contributed by atoms with Gasteiger partial charge in [-0.25, -0.2) is 9.78 Å². The summed E-state index contributed by atoms with van der Waals surface area (Å²) in [6.07, 6.45) is 3.87. The first-order chi connectivity index (χ1) is 22.1. The largest absolute Gasteiger partial charge is 0.381 e. The monoisotopic (exact) mass is 593 g/mol. The van der Waals surface area contributed by atoms with Crippen molar-refractivity contribution in [2.75, 3.05) is 19.0 Å². The number of anilines is 1. The van der Waals surface area contributed by atoms with Gasteiger partial charge in [0.25, 0.3) is 0 Å². The van der Waals surface area contributed by atoms with E-state index in [9.17, 15) is 4.79 Å². The summed E-state index contributed by atoms with van der Waals surface area (Å²) in [5.74, 6) is 0.401.